The molecular formula is C21H17F2N5. The zero-order valence-corrected chi connectivity index (χ0v) is 15.4. The zero-order valence-electron chi connectivity index (χ0n) is 15.4. The summed E-state index contributed by atoms with van der Waals surface area (Å²) in [5.74, 6) is 0.511. The molecule has 0 fully saturated rings. The van der Waals surface area contributed by atoms with Crippen LogP contribution in [0.15, 0.2) is 48.8 Å². The molecule has 0 saturated carbocycles. The van der Waals surface area contributed by atoms with Gasteiger partial charge in [-0.1, -0.05) is 29.8 Å². The number of rotatable bonds is 4. The van der Waals surface area contributed by atoms with Gasteiger partial charge in [-0.3, -0.25) is 4.40 Å². The molecule has 0 aliphatic heterocycles. The number of alkyl halides is 2. The van der Waals surface area contributed by atoms with Crippen molar-refractivity contribution in [1.29, 1.82) is 5.26 Å². The van der Waals surface area contributed by atoms with Crippen LogP contribution in [0.1, 0.15) is 17.1 Å². The van der Waals surface area contributed by atoms with Crippen molar-refractivity contribution in [2.24, 2.45) is 0 Å². The molecule has 0 radical (unpaired) electrons. The quantitative estimate of drug-likeness (QED) is 0.521. The lowest BCUT2D eigenvalue weighted by atomic mass is 10.0. The number of nitriles is 1. The predicted octanol–water partition coefficient (Wildman–Crippen LogP) is 4.62. The van der Waals surface area contributed by atoms with Crippen LogP contribution in [-0.4, -0.2) is 25.4 Å². The summed E-state index contributed by atoms with van der Waals surface area (Å²) in [5, 5.41) is 9.29. The number of nitrogens with zero attached hydrogens (tertiary/aromatic N) is 5. The first kappa shape index (κ1) is 17.9. The minimum atomic E-state index is -2.51. The van der Waals surface area contributed by atoms with Crippen molar-refractivity contribution in [3.8, 4) is 28.6 Å². The third kappa shape index (κ3) is 3.03. The van der Waals surface area contributed by atoms with Gasteiger partial charge in [-0.2, -0.15) is 5.26 Å². The number of benzene rings is 1. The topological polar surface area (TPSA) is 58.9 Å². The highest BCUT2D eigenvalue weighted by Crippen LogP contribution is 2.33. The van der Waals surface area contributed by atoms with Crippen molar-refractivity contribution < 1.29 is 8.78 Å². The molecule has 28 heavy (non-hydrogen) atoms. The van der Waals surface area contributed by atoms with Crippen molar-refractivity contribution in [1.82, 2.24) is 18.9 Å². The molecular weight excluding hydrogens is 360 g/mol. The highest BCUT2D eigenvalue weighted by molar-refractivity contribution is 5.79. The van der Waals surface area contributed by atoms with E-state index < -0.39 is 13.0 Å². The Labute approximate surface area is 160 Å². The van der Waals surface area contributed by atoms with Gasteiger partial charge in [-0.05, 0) is 26.0 Å². The molecule has 0 saturated heterocycles. The van der Waals surface area contributed by atoms with Gasteiger partial charge in [0.05, 0.1) is 24.1 Å². The normalized spacial score (nSPS) is 11.3. The van der Waals surface area contributed by atoms with E-state index >= 15 is 0 Å². The van der Waals surface area contributed by atoms with Crippen LogP contribution < -0.4 is 0 Å². The lowest BCUT2D eigenvalue weighted by Gasteiger charge is -2.12. The van der Waals surface area contributed by atoms with E-state index in [9.17, 15) is 14.0 Å². The molecule has 4 rings (SSSR count). The largest absolute Gasteiger partial charge is 0.322 e. The number of hydrogen-bond acceptors (Lipinski definition) is 3. The van der Waals surface area contributed by atoms with Gasteiger partial charge in [0.2, 0.25) is 0 Å². The van der Waals surface area contributed by atoms with Gasteiger partial charge in [0.25, 0.3) is 6.43 Å². The number of imidazole rings is 2. The van der Waals surface area contributed by atoms with Crippen LogP contribution in [0.5, 0.6) is 0 Å². The van der Waals surface area contributed by atoms with Gasteiger partial charge >= 0.3 is 0 Å². The maximum atomic E-state index is 13.3. The molecule has 0 atom stereocenters. The van der Waals surface area contributed by atoms with E-state index in [1.54, 1.807) is 23.6 Å². The predicted molar refractivity (Wildman–Crippen MR) is 102 cm³/mol. The Morgan fingerprint density at radius 3 is 2.46 bits per heavy atom. The summed E-state index contributed by atoms with van der Waals surface area (Å²) in [6.07, 6.45) is 0.725. The summed E-state index contributed by atoms with van der Waals surface area (Å²) in [6.45, 7) is 3.26. The molecule has 4 aromatic rings. The Balaban J connectivity index is 1.98. The Kier molecular flexibility index (Phi) is 4.40. The van der Waals surface area contributed by atoms with Crippen LogP contribution in [0.25, 0.3) is 28.2 Å². The average Bonchev–Trinajstić information content (AvgIpc) is 3.22. The van der Waals surface area contributed by atoms with E-state index in [1.807, 2.05) is 37.3 Å². The SMILES string of the molecule is Cc1ccc(-c2nc(C)n(CC(F)F)c2-c2ccc3ncc(C#N)n3c2)cc1. The summed E-state index contributed by atoms with van der Waals surface area (Å²) in [4.78, 5) is 8.78. The summed E-state index contributed by atoms with van der Waals surface area (Å²) >= 11 is 0. The van der Waals surface area contributed by atoms with Crippen LogP contribution in [0.3, 0.4) is 0 Å². The van der Waals surface area contributed by atoms with Crippen LogP contribution in [-0.2, 0) is 6.54 Å². The van der Waals surface area contributed by atoms with Crippen LogP contribution in [0, 0.1) is 25.2 Å². The first-order valence-corrected chi connectivity index (χ1v) is 8.78. The number of fused-ring (bicyclic) bond motifs is 1. The van der Waals surface area contributed by atoms with Crippen molar-refractivity contribution in [3.05, 3.63) is 65.9 Å². The molecule has 3 heterocycles. The third-order valence-corrected chi connectivity index (χ3v) is 4.70. The van der Waals surface area contributed by atoms with E-state index in [-0.39, 0.29) is 0 Å². The smallest absolute Gasteiger partial charge is 0.256 e. The van der Waals surface area contributed by atoms with E-state index in [1.165, 1.54) is 10.8 Å². The fourth-order valence-corrected chi connectivity index (χ4v) is 3.33. The highest BCUT2D eigenvalue weighted by Gasteiger charge is 2.21. The van der Waals surface area contributed by atoms with Crippen LogP contribution >= 0.6 is 0 Å². The molecule has 0 amide bonds. The van der Waals surface area contributed by atoms with Gasteiger partial charge in [0, 0.05) is 17.3 Å². The fourth-order valence-electron chi connectivity index (χ4n) is 3.33. The summed E-state index contributed by atoms with van der Waals surface area (Å²) < 4.78 is 29.7. The van der Waals surface area contributed by atoms with Gasteiger partial charge < -0.3 is 4.57 Å². The van der Waals surface area contributed by atoms with Crippen molar-refractivity contribution in [2.45, 2.75) is 26.8 Å². The van der Waals surface area contributed by atoms with Gasteiger partial charge in [0.15, 0.2) is 0 Å². The first-order valence-electron chi connectivity index (χ1n) is 8.78. The van der Waals surface area contributed by atoms with E-state index in [2.05, 4.69) is 16.0 Å². The second-order valence-electron chi connectivity index (χ2n) is 6.63. The Bertz CT molecular complexity index is 1200. The molecule has 5 nitrogen and oxygen atoms in total. The maximum absolute atomic E-state index is 13.3. The second-order valence-corrected chi connectivity index (χ2v) is 6.63. The molecule has 3 aromatic heterocycles. The molecule has 0 aliphatic carbocycles. The summed E-state index contributed by atoms with van der Waals surface area (Å²) in [5.41, 5.74) is 4.88. The monoisotopic (exact) mass is 377 g/mol. The summed E-state index contributed by atoms with van der Waals surface area (Å²) in [6, 6.07) is 13.5. The first-order chi connectivity index (χ1) is 13.5. The molecule has 0 spiro atoms. The van der Waals surface area contributed by atoms with Crippen molar-refractivity contribution in [2.75, 3.05) is 0 Å². The number of aromatic nitrogens is 4. The van der Waals surface area contributed by atoms with Crippen molar-refractivity contribution in [3.63, 3.8) is 0 Å². The molecule has 0 unspecified atom stereocenters. The second kappa shape index (κ2) is 6.89. The minimum absolute atomic E-state index is 0.380. The highest BCUT2D eigenvalue weighted by atomic mass is 19.3. The minimum Gasteiger partial charge on any atom is -0.322 e. The fraction of sp³-hybridized carbons (Fsp3) is 0.190. The molecule has 0 N–H and O–H groups in total. The maximum Gasteiger partial charge on any atom is 0.256 e. The molecule has 1 aromatic carbocycles. The lowest BCUT2D eigenvalue weighted by molar-refractivity contribution is 0.126. The summed E-state index contributed by atoms with van der Waals surface area (Å²) in [7, 11) is 0. The Morgan fingerprint density at radius 2 is 1.79 bits per heavy atom. The van der Waals surface area contributed by atoms with Crippen molar-refractivity contribution >= 4 is 5.65 Å². The van der Waals surface area contributed by atoms with Crippen LogP contribution in [0.4, 0.5) is 8.78 Å². The number of hydrogen-bond donors (Lipinski definition) is 0. The average molecular weight is 377 g/mol. The van der Waals surface area contributed by atoms with Gasteiger partial charge in [-0.15, -0.1) is 0 Å². The number of halogens is 2. The molecule has 140 valence electrons. The third-order valence-electron chi connectivity index (χ3n) is 4.70. The molecule has 7 heteroatoms. The lowest BCUT2D eigenvalue weighted by Crippen LogP contribution is -2.10. The Morgan fingerprint density at radius 1 is 1.07 bits per heavy atom. The number of aryl methyl sites for hydroxylation is 2. The molecule has 0 aliphatic rings. The van der Waals surface area contributed by atoms with Gasteiger partial charge in [-0.25, -0.2) is 18.7 Å². The van der Waals surface area contributed by atoms with E-state index in [0.717, 1.165) is 11.1 Å². The number of pyridine rings is 1. The van der Waals surface area contributed by atoms with E-state index in [0.29, 0.717) is 34.1 Å². The standard InChI is InChI=1S/C21H17F2N5/c1-13-3-5-15(6-4-13)20-21(27(12-18(22)23)14(2)26-20)16-7-8-19-25-10-17(9-24)28(19)11-16/h3-8,10-11,18H,12H2,1-2H3. The van der Waals surface area contributed by atoms with E-state index in [4.69, 9.17) is 0 Å². The van der Waals surface area contributed by atoms with Gasteiger partial charge in [0.1, 0.15) is 23.2 Å². The van der Waals surface area contributed by atoms with Crippen LogP contribution in [0.2, 0.25) is 0 Å². The Hall–Kier alpha value is -3.53. The zero-order chi connectivity index (χ0) is 19.8. The molecule has 0 bridgehead atoms.